The lowest BCUT2D eigenvalue weighted by atomic mass is 10.1. The first-order valence-corrected chi connectivity index (χ1v) is 8.72. The Labute approximate surface area is 152 Å². The van der Waals surface area contributed by atoms with E-state index in [0.29, 0.717) is 18.9 Å². The summed E-state index contributed by atoms with van der Waals surface area (Å²) in [4.78, 5) is 30.4. The van der Waals surface area contributed by atoms with Crippen LogP contribution in [0.3, 0.4) is 0 Å². The molecule has 2 aromatic rings. The third-order valence-corrected chi connectivity index (χ3v) is 4.38. The van der Waals surface area contributed by atoms with E-state index in [-0.39, 0.29) is 18.1 Å². The first kappa shape index (κ1) is 17.7. The monoisotopic (exact) mass is 353 g/mol. The van der Waals surface area contributed by atoms with E-state index in [9.17, 15) is 9.59 Å². The number of anilines is 2. The van der Waals surface area contributed by atoms with E-state index in [1.165, 1.54) is 0 Å². The van der Waals surface area contributed by atoms with Gasteiger partial charge in [-0.1, -0.05) is 24.3 Å². The second kappa shape index (κ2) is 8.33. The third kappa shape index (κ3) is 4.72. The Kier molecular flexibility index (Phi) is 5.68. The van der Waals surface area contributed by atoms with Gasteiger partial charge < -0.3 is 15.5 Å². The smallest absolute Gasteiger partial charge is 0.323 e. The normalized spacial score (nSPS) is 14.6. The number of nitrogens with one attached hydrogen (secondary N) is 3. The van der Waals surface area contributed by atoms with Crippen molar-refractivity contribution in [1.29, 1.82) is 0 Å². The zero-order valence-electron chi connectivity index (χ0n) is 14.7. The van der Waals surface area contributed by atoms with Crippen LogP contribution in [-0.2, 0) is 0 Å². The minimum absolute atomic E-state index is 0.0550. The number of aromatic nitrogens is 1. The van der Waals surface area contributed by atoms with Crippen LogP contribution in [0.2, 0.25) is 0 Å². The Balaban J connectivity index is 1.44. The molecule has 1 aliphatic heterocycles. The number of nitrogens with zero attached hydrogens (tertiary/aromatic N) is 2. The molecule has 1 aromatic carbocycles. The minimum Gasteiger partial charge on any atom is -0.335 e. The first-order valence-electron chi connectivity index (χ1n) is 8.72. The predicted molar refractivity (Wildman–Crippen MR) is 101 cm³/mol. The molecule has 1 aromatic heterocycles. The zero-order chi connectivity index (χ0) is 18.4. The summed E-state index contributed by atoms with van der Waals surface area (Å²) in [6, 6.07) is 12.7. The van der Waals surface area contributed by atoms with Gasteiger partial charge in [0.15, 0.2) is 0 Å². The van der Waals surface area contributed by atoms with Gasteiger partial charge in [0, 0.05) is 31.0 Å². The molecule has 0 saturated carbocycles. The van der Waals surface area contributed by atoms with Crippen molar-refractivity contribution in [2.45, 2.75) is 25.8 Å². The van der Waals surface area contributed by atoms with Crippen LogP contribution in [0.25, 0.3) is 0 Å². The average molecular weight is 353 g/mol. The van der Waals surface area contributed by atoms with Crippen LogP contribution in [0.15, 0.2) is 48.7 Å². The fourth-order valence-electron chi connectivity index (χ4n) is 2.90. The molecule has 3 rings (SSSR count). The van der Waals surface area contributed by atoms with Crippen molar-refractivity contribution in [3.8, 4) is 0 Å². The van der Waals surface area contributed by atoms with E-state index in [4.69, 9.17) is 0 Å². The molecule has 0 spiro atoms. The molecule has 136 valence electrons. The predicted octanol–water partition coefficient (Wildman–Crippen LogP) is 3.21. The van der Waals surface area contributed by atoms with Crippen LogP contribution in [0.4, 0.5) is 21.1 Å². The van der Waals surface area contributed by atoms with Crippen LogP contribution < -0.4 is 16.0 Å². The second-order valence-electron chi connectivity index (χ2n) is 6.32. The first-order chi connectivity index (χ1) is 12.6. The molecule has 0 bridgehead atoms. The topological polar surface area (TPSA) is 86.4 Å². The lowest BCUT2D eigenvalue weighted by Gasteiger charge is -2.32. The van der Waals surface area contributed by atoms with Crippen molar-refractivity contribution < 1.29 is 9.59 Å². The second-order valence-corrected chi connectivity index (χ2v) is 6.32. The number of para-hydroxylation sites is 1. The number of aryl methyl sites for hydroxylation is 1. The SMILES string of the molecule is Cc1cccnc1NC(=O)N1CCC(NC(=O)Nc2ccccc2)CC1. The largest absolute Gasteiger partial charge is 0.335 e. The summed E-state index contributed by atoms with van der Waals surface area (Å²) in [7, 11) is 0. The number of hydrogen-bond donors (Lipinski definition) is 3. The molecule has 2 heterocycles. The van der Waals surface area contributed by atoms with Gasteiger partial charge in [0.25, 0.3) is 0 Å². The summed E-state index contributed by atoms with van der Waals surface area (Å²) in [6.07, 6.45) is 3.10. The van der Waals surface area contributed by atoms with Gasteiger partial charge in [-0.05, 0) is 43.5 Å². The standard InChI is InChI=1S/C19H23N5O2/c1-14-6-5-11-20-17(14)23-19(26)24-12-9-16(10-13-24)22-18(25)21-15-7-3-2-4-8-15/h2-8,11,16H,9-10,12-13H2,1H3,(H,20,23,26)(H2,21,22,25). The molecule has 0 aliphatic carbocycles. The third-order valence-electron chi connectivity index (χ3n) is 4.38. The molecule has 1 saturated heterocycles. The van der Waals surface area contributed by atoms with Crippen molar-refractivity contribution >= 4 is 23.6 Å². The molecule has 4 amide bonds. The highest BCUT2D eigenvalue weighted by Crippen LogP contribution is 2.15. The zero-order valence-corrected chi connectivity index (χ0v) is 14.7. The Morgan fingerprint density at radius 2 is 1.77 bits per heavy atom. The molecule has 0 radical (unpaired) electrons. The van der Waals surface area contributed by atoms with Gasteiger partial charge in [0.05, 0.1) is 0 Å². The molecule has 1 fully saturated rings. The number of amides is 4. The van der Waals surface area contributed by atoms with Gasteiger partial charge in [-0.3, -0.25) is 5.32 Å². The quantitative estimate of drug-likeness (QED) is 0.792. The van der Waals surface area contributed by atoms with E-state index in [1.54, 1.807) is 11.1 Å². The summed E-state index contributed by atoms with van der Waals surface area (Å²) in [6.45, 7) is 3.09. The van der Waals surface area contributed by atoms with Crippen molar-refractivity contribution in [2.24, 2.45) is 0 Å². The van der Waals surface area contributed by atoms with Crippen molar-refractivity contribution in [3.05, 3.63) is 54.2 Å². The van der Waals surface area contributed by atoms with E-state index in [1.807, 2.05) is 49.4 Å². The molecule has 7 nitrogen and oxygen atoms in total. The highest BCUT2D eigenvalue weighted by atomic mass is 16.2. The fraction of sp³-hybridized carbons (Fsp3) is 0.316. The van der Waals surface area contributed by atoms with Gasteiger partial charge >= 0.3 is 12.1 Å². The molecule has 1 aliphatic rings. The molecule has 26 heavy (non-hydrogen) atoms. The highest BCUT2D eigenvalue weighted by molar-refractivity contribution is 5.90. The number of carbonyl (C=O) groups is 2. The van der Waals surface area contributed by atoms with Crippen molar-refractivity contribution in [3.63, 3.8) is 0 Å². The van der Waals surface area contributed by atoms with E-state index in [2.05, 4.69) is 20.9 Å². The number of hydrogen-bond acceptors (Lipinski definition) is 3. The number of urea groups is 2. The van der Waals surface area contributed by atoms with Crippen molar-refractivity contribution in [2.75, 3.05) is 23.7 Å². The van der Waals surface area contributed by atoms with Gasteiger partial charge in [-0.15, -0.1) is 0 Å². The van der Waals surface area contributed by atoms with Gasteiger partial charge in [-0.25, -0.2) is 14.6 Å². The Hall–Kier alpha value is -3.09. The van der Waals surface area contributed by atoms with Crippen LogP contribution in [0.1, 0.15) is 18.4 Å². The lowest BCUT2D eigenvalue weighted by Crippen LogP contribution is -2.48. The Bertz CT molecular complexity index is 758. The van der Waals surface area contributed by atoms with Gasteiger partial charge in [0.2, 0.25) is 0 Å². The van der Waals surface area contributed by atoms with Gasteiger partial charge in [0.1, 0.15) is 5.82 Å². The van der Waals surface area contributed by atoms with Crippen LogP contribution in [0, 0.1) is 6.92 Å². The van der Waals surface area contributed by atoms with Crippen molar-refractivity contribution in [1.82, 2.24) is 15.2 Å². The fourth-order valence-corrected chi connectivity index (χ4v) is 2.90. The van der Waals surface area contributed by atoms with E-state index in [0.717, 1.165) is 24.1 Å². The maximum atomic E-state index is 12.4. The summed E-state index contributed by atoms with van der Waals surface area (Å²) in [5.74, 6) is 0.583. The number of piperidine rings is 1. The van der Waals surface area contributed by atoms with Crippen LogP contribution >= 0.6 is 0 Å². The van der Waals surface area contributed by atoms with E-state index >= 15 is 0 Å². The minimum atomic E-state index is -0.219. The molecule has 0 atom stereocenters. The molecule has 3 N–H and O–H groups in total. The van der Waals surface area contributed by atoms with Crippen LogP contribution in [0.5, 0.6) is 0 Å². The Morgan fingerprint density at radius 3 is 2.46 bits per heavy atom. The number of rotatable bonds is 3. The molecule has 7 heteroatoms. The molecular formula is C19H23N5O2. The summed E-state index contributed by atoms with van der Waals surface area (Å²) < 4.78 is 0. The summed E-state index contributed by atoms with van der Waals surface area (Å²) in [5, 5.41) is 8.62. The van der Waals surface area contributed by atoms with Gasteiger partial charge in [-0.2, -0.15) is 0 Å². The molecular weight excluding hydrogens is 330 g/mol. The number of benzene rings is 1. The lowest BCUT2D eigenvalue weighted by molar-refractivity contribution is 0.189. The maximum absolute atomic E-state index is 12.4. The highest BCUT2D eigenvalue weighted by Gasteiger charge is 2.24. The van der Waals surface area contributed by atoms with E-state index < -0.39 is 0 Å². The summed E-state index contributed by atoms with van der Waals surface area (Å²) >= 11 is 0. The summed E-state index contributed by atoms with van der Waals surface area (Å²) in [5.41, 5.74) is 1.68. The number of pyridine rings is 1. The maximum Gasteiger partial charge on any atom is 0.323 e. The Morgan fingerprint density at radius 1 is 1.04 bits per heavy atom. The number of likely N-dealkylation sites (tertiary alicyclic amines) is 1. The van der Waals surface area contributed by atoms with Crippen LogP contribution in [-0.4, -0.2) is 41.1 Å². The molecule has 0 unspecified atom stereocenters. The number of carbonyl (C=O) groups excluding carboxylic acids is 2. The average Bonchev–Trinajstić information content (AvgIpc) is 2.65.